The number of benzene rings is 3. The number of aromatic hydroxyl groups is 1. The molecule has 0 aliphatic carbocycles. The molecule has 2 N–H and O–H groups in total. The number of phenolic OH excluding ortho intramolecular Hbond substituents is 1. The topological polar surface area (TPSA) is 85.2 Å². The minimum absolute atomic E-state index is 0.0900. The highest BCUT2D eigenvalue weighted by molar-refractivity contribution is 5.69. The number of ether oxygens (including phenoxy) is 3. The van der Waals surface area contributed by atoms with Crippen molar-refractivity contribution in [2.75, 3.05) is 7.11 Å². The first-order valence-corrected chi connectivity index (χ1v) is 9.68. The van der Waals surface area contributed by atoms with Crippen molar-refractivity contribution < 1.29 is 29.2 Å². The molecule has 3 aromatic rings. The highest BCUT2D eigenvalue weighted by Crippen LogP contribution is 2.32. The second-order valence-electron chi connectivity index (χ2n) is 6.80. The van der Waals surface area contributed by atoms with E-state index in [0.717, 1.165) is 5.56 Å². The van der Waals surface area contributed by atoms with Crippen LogP contribution in [-0.2, 0) is 11.4 Å². The summed E-state index contributed by atoms with van der Waals surface area (Å²) >= 11 is 0. The molecule has 3 aromatic carbocycles. The Morgan fingerprint density at radius 3 is 2.52 bits per heavy atom. The number of rotatable bonds is 8. The van der Waals surface area contributed by atoms with Crippen LogP contribution in [0, 0.1) is 0 Å². The SMILES string of the molecule is COc1cc(O)ccc1C=CC(O)c1ccc(OC(C)=O)cc1OCc1ccccc1. The van der Waals surface area contributed by atoms with Gasteiger partial charge in [-0.2, -0.15) is 0 Å². The van der Waals surface area contributed by atoms with E-state index in [1.807, 2.05) is 30.3 Å². The third-order valence-corrected chi connectivity index (χ3v) is 4.48. The van der Waals surface area contributed by atoms with Crippen molar-refractivity contribution in [3.63, 3.8) is 0 Å². The van der Waals surface area contributed by atoms with E-state index in [1.165, 1.54) is 26.2 Å². The lowest BCUT2D eigenvalue weighted by molar-refractivity contribution is -0.131. The zero-order valence-corrected chi connectivity index (χ0v) is 17.3. The van der Waals surface area contributed by atoms with E-state index in [9.17, 15) is 15.0 Å². The van der Waals surface area contributed by atoms with Crippen molar-refractivity contribution in [2.24, 2.45) is 0 Å². The van der Waals surface area contributed by atoms with E-state index in [1.54, 1.807) is 36.4 Å². The zero-order valence-electron chi connectivity index (χ0n) is 17.3. The van der Waals surface area contributed by atoms with E-state index < -0.39 is 12.1 Å². The molecule has 31 heavy (non-hydrogen) atoms. The van der Waals surface area contributed by atoms with Crippen LogP contribution < -0.4 is 14.2 Å². The number of hydrogen-bond acceptors (Lipinski definition) is 6. The van der Waals surface area contributed by atoms with Crippen LogP contribution in [0.2, 0.25) is 0 Å². The summed E-state index contributed by atoms with van der Waals surface area (Å²) in [4.78, 5) is 11.3. The minimum atomic E-state index is -0.990. The van der Waals surface area contributed by atoms with Crippen LogP contribution in [0.3, 0.4) is 0 Å². The number of hydrogen-bond donors (Lipinski definition) is 2. The molecular weight excluding hydrogens is 396 g/mol. The normalized spacial score (nSPS) is 11.8. The Balaban J connectivity index is 1.86. The van der Waals surface area contributed by atoms with Crippen LogP contribution in [0.25, 0.3) is 6.08 Å². The maximum absolute atomic E-state index is 11.3. The molecule has 6 nitrogen and oxygen atoms in total. The van der Waals surface area contributed by atoms with Gasteiger partial charge < -0.3 is 24.4 Å². The average Bonchev–Trinajstić information content (AvgIpc) is 2.77. The Labute approximate surface area is 181 Å². The molecule has 1 unspecified atom stereocenters. The zero-order chi connectivity index (χ0) is 22.2. The monoisotopic (exact) mass is 420 g/mol. The first kappa shape index (κ1) is 21.9. The molecule has 0 aliphatic rings. The third-order valence-electron chi connectivity index (χ3n) is 4.48. The summed E-state index contributed by atoms with van der Waals surface area (Å²) in [5, 5.41) is 20.4. The van der Waals surface area contributed by atoms with Gasteiger partial charge in [-0.15, -0.1) is 0 Å². The number of methoxy groups -OCH3 is 1. The summed E-state index contributed by atoms with van der Waals surface area (Å²) in [7, 11) is 1.51. The maximum atomic E-state index is 11.3. The fraction of sp³-hybridized carbons (Fsp3) is 0.160. The molecule has 0 spiro atoms. The van der Waals surface area contributed by atoms with Crippen LogP contribution in [0.1, 0.15) is 29.7 Å². The number of aliphatic hydroxyl groups is 1. The molecule has 1 atom stereocenters. The lowest BCUT2D eigenvalue weighted by Crippen LogP contribution is -2.05. The van der Waals surface area contributed by atoms with Gasteiger partial charge in [-0.1, -0.05) is 42.5 Å². The Morgan fingerprint density at radius 2 is 1.81 bits per heavy atom. The largest absolute Gasteiger partial charge is 0.508 e. The summed E-state index contributed by atoms with van der Waals surface area (Å²) < 4.78 is 16.4. The standard InChI is InChI=1S/C25H24O6/c1-17(26)31-21-11-12-22(25(15-21)30-16-18-6-4-3-5-7-18)23(28)13-9-19-8-10-20(27)14-24(19)29-2/h3-15,23,27-28H,16H2,1-2H3. The van der Waals surface area contributed by atoms with Crippen molar-refractivity contribution >= 4 is 12.0 Å². The highest BCUT2D eigenvalue weighted by atomic mass is 16.5. The second-order valence-corrected chi connectivity index (χ2v) is 6.80. The molecule has 6 heteroatoms. The summed E-state index contributed by atoms with van der Waals surface area (Å²) in [6.07, 6.45) is 2.30. The smallest absolute Gasteiger partial charge is 0.308 e. The van der Waals surface area contributed by atoms with Crippen LogP contribution in [-0.4, -0.2) is 23.3 Å². The number of phenols is 1. The number of aliphatic hydroxyl groups excluding tert-OH is 1. The maximum Gasteiger partial charge on any atom is 0.308 e. The van der Waals surface area contributed by atoms with Crippen molar-refractivity contribution in [3.05, 3.63) is 89.5 Å². The Kier molecular flexibility index (Phi) is 7.30. The molecule has 0 bridgehead atoms. The summed E-state index contributed by atoms with van der Waals surface area (Å²) in [6.45, 7) is 1.61. The van der Waals surface area contributed by atoms with E-state index in [-0.39, 0.29) is 5.75 Å². The van der Waals surface area contributed by atoms with Gasteiger partial charge in [-0.3, -0.25) is 4.79 Å². The predicted octanol–water partition coefficient (Wildman–Crippen LogP) is 4.65. The van der Waals surface area contributed by atoms with Crippen LogP contribution in [0.5, 0.6) is 23.0 Å². The third kappa shape index (κ3) is 6.10. The lowest BCUT2D eigenvalue weighted by Gasteiger charge is -2.16. The Bertz CT molecular complexity index is 1060. The summed E-state index contributed by atoms with van der Waals surface area (Å²) in [6, 6.07) is 19.2. The number of carbonyl (C=O) groups is 1. The molecule has 0 heterocycles. The molecule has 0 fully saturated rings. The fourth-order valence-electron chi connectivity index (χ4n) is 2.98. The quantitative estimate of drug-likeness (QED) is 0.408. The van der Waals surface area contributed by atoms with Gasteiger partial charge in [-0.25, -0.2) is 0 Å². The first-order chi connectivity index (χ1) is 15.0. The van der Waals surface area contributed by atoms with Gasteiger partial charge in [0, 0.05) is 30.2 Å². The van der Waals surface area contributed by atoms with Gasteiger partial charge >= 0.3 is 5.97 Å². The van der Waals surface area contributed by atoms with Crippen LogP contribution >= 0.6 is 0 Å². The Morgan fingerprint density at radius 1 is 1.03 bits per heavy atom. The molecule has 160 valence electrons. The van der Waals surface area contributed by atoms with Crippen molar-refractivity contribution in [1.29, 1.82) is 0 Å². The fourth-order valence-corrected chi connectivity index (χ4v) is 2.98. The number of carbonyl (C=O) groups excluding carboxylic acids is 1. The summed E-state index contributed by atoms with van der Waals surface area (Å²) in [5.74, 6) is 0.858. The molecule has 3 rings (SSSR count). The molecule has 0 amide bonds. The van der Waals surface area contributed by atoms with E-state index in [0.29, 0.717) is 35.0 Å². The van der Waals surface area contributed by atoms with E-state index >= 15 is 0 Å². The molecular formula is C25H24O6. The van der Waals surface area contributed by atoms with Gasteiger partial charge in [0.15, 0.2) is 0 Å². The van der Waals surface area contributed by atoms with Gasteiger partial charge in [0.2, 0.25) is 0 Å². The van der Waals surface area contributed by atoms with Crippen LogP contribution in [0.4, 0.5) is 0 Å². The molecule has 0 aliphatic heterocycles. The highest BCUT2D eigenvalue weighted by Gasteiger charge is 2.14. The van der Waals surface area contributed by atoms with E-state index in [2.05, 4.69) is 0 Å². The van der Waals surface area contributed by atoms with Gasteiger partial charge in [0.1, 0.15) is 35.7 Å². The molecule has 0 aromatic heterocycles. The second kappa shape index (κ2) is 10.3. The van der Waals surface area contributed by atoms with Gasteiger partial charge in [0.05, 0.1) is 7.11 Å². The predicted molar refractivity (Wildman–Crippen MR) is 117 cm³/mol. The molecule has 0 saturated carbocycles. The average molecular weight is 420 g/mol. The van der Waals surface area contributed by atoms with Crippen LogP contribution in [0.15, 0.2) is 72.8 Å². The minimum Gasteiger partial charge on any atom is -0.508 e. The van der Waals surface area contributed by atoms with Crippen molar-refractivity contribution in [2.45, 2.75) is 19.6 Å². The van der Waals surface area contributed by atoms with Crippen molar-refractivity contribution in [3.8, 4) is 23.0 Å². The lowest BCUT2D eigenvalue weighted by atomic mass is 10.1. The molecule has 0 radical (unpaired) electrons. The number of esters is 1. The van der Waals surface area contributed by atoms with Gasteiger partial charge in [-0.05, 0) is 29.8 Å². The van der Waals surface area contributed by atoms with E-state index in [4.69, 9.17) is 14.2 Å². The van der Waals surface area contributed by atoms with Gasteiger partial charge in [0.25, 0.3) is 0 Å². The summed E-state index contributed by atoms with van der Waals surface area (Å²) in [5.41, 5.74) is 2.17. The Hall–Kier alpha value is -3.77. The van der Waals surface area contributed by atoms with Crippen molar-refractivity contribution in [1.82, 2.24) is 0 Å². The first-order valence-electron chi connectivity index (χ1n) is 9.68. The molecule has 0 saturated heterocycles.